The molecular formula is C15H22N4O3S. The number of rotatable bonds is 8. The summed E-state index contributed by atoms with van der Waals surface area (Å²) in [4.78, 5) is 26.0. The Hall–Kier alpha value is -1.96. The van der Waals surface area contributed by atoms with Crippen LogP contribution in [-0.4, -0.2) is 26.8 Å². The van der Waals surface area contributed by atoms with Gasteiger partial charge in [-0.3, -0.25) is 19.1 Å². The first kappa shape index (κ1) is 17.4. The van der Waals surface area contributed by atoms with E-state index >= 15 is 0 Å². The normalized spacial score (nSPS) is 14.3. The van der Waals surface area contributed by atoms with Gasteiger partial charge in [-0.05, 0) is 31.5 Å². The summed E-state index contributed by atoms with van der Waals surface area (Å²) in [6, 6.07) is 0.125. The van der Waals surface area contributed by atoms with Crippen LogP contribution in [0.5, 0.6) is 5.88 Å². The molecule has 1 aromatic heterocycles. The van der Waals surface area contributed by atoms with Crippen molar-refractivity contribution in [3.8, 4) is 5.88 Å². The highest BCUT2D eigenvalue weighted by Gasteiger charge is 2.27. The van der Waals surface area contributed by atoms with Gasteiger partial charge in [0.25, 0.3) is 5.56 Å². The lowest BCUT2D eigenvalue weighted by Gasteiger charge is -2.09. The monoisotopic (exact) mass is 338 g/mol. The van der Waals surface area contributed by atoms with Gasteiger partial charge in [-0.15, -0.1) is 0 Å². The summed E-state index contributed by atoms with van der Waals surface area (Å²) >= 11 is 5.06. The Morgan fingerprint density at radius 1 is 1.48 bits per heavy atom. The smallest absolute Gasteiger partial charge is 0.264 e. The molecule has 3 N–H and O–H groups in total. The quantitative estimate of drug-likeness (QED) is 0.293. The van der Waals surface area contributed by atoms with Crippen molar-refractivity contribution in [1.29, 1.82) is 0 Å². The molecule has 7 nitrogen and oxygen atoms in total. The predicted octanol–water partition coefficient (Wildman–Crippen LogP) is 2.37. The molecule has 0 saturated heterocycles. The van der Waals surface area contributed by atoms with E-state index in [-0.39, 0.29) is 28.2 Å². The van der Waals surface area contributed by atoms with Crippen LogP contribution in [0, 0.1) is 4.77 Å². The third-order valence-electron chi connectivity index (χ3n) is 3.71. The summed E-state index contributed by atoms with van der Waals surface area (Å²) in [7, 11) is 0. The van der Waals surface area contributed by atoms with Gasteiger partial charge in [0, 0.05) is 12.5 Å². The summed E-state index contributed by atoms with van der Waals surface area (Å²) in [6.07, 6.45) is 7.43. The topological polar surface area (TPSA) is 99.5 Å². The van der Waals surface area contributed by atoms with Crippen LogP contribution in [0.4, 0.5) is 0 Å². The van der Waals surface area contributed by atoms with Crippen molar-refractivity contribution >= 4 is 24.3 Å². The number of carbonyl (C=O) groups is 1. The number of nitrogens with zero attached hydrogens (tertiary/aromatic N) is 2. The van der Waals surface area contributed by atoms with Gasteiger partial charge in [-0.1, -0.05) is 26.2 Å². The molecule has 1 aliphatic rings. The summed E-state index contributed by atoms with van der Waals surface area (Å²) in [5.41, 5.74) is 1.85. The highest BCUT2D eigenvalue weighted by atomic mass is 32.1. The van der Waals surface area contributed by atoms with Crippen LogP contribution in [0.25, 0.3) is 0 Å². The third kappa shape index (κ3) is 4.75. The van der Waals surface area contributed by atoms with Gasteiger partial charge in [-0.2, -0.15) is 5.10 Å². The van der Waals surface area contributed by atoms with E-state index in [2.05, 4.69) is 22.4 Å². The first-order valence-electron chi connectivity index (χ1n) is 7.94. The maximum atomic E-state index is 11.9. The molecule has 126 valence electrons. The van der Waals surface area contributed by atoms with Crippen LogP contribution >= 0.6 is 12.2 Å². The minimum absolute atomic E-state index is 0.00298. The fraction of sp³-hybridized carbons (Fsp3) is 0.600. The number of aromatic nitrogens is 2. The predicted molar refractivity (Wildman–Crippen MR) is 90.3 cm³/mol. The summed E-state index contributed by atoms with van der Waals surface area (Å²) in [6.45, 7) is 2.11. The second-order valence-corrected chi connectivity index (χ2v) is 6.09. The van der Waals surface area contributed by atoms with Gasteiger partial charge in [-0.25, -0.2) is 5.43 Å². The minimum atomic E-state index is -0.523. The van der Waals surface area contributed by atoms with E-state index < -0.39 is 5.56 Å². The molecule has 0 aromatic carbocycles. The number of hydrogen-bond acceptors (Lipinski definition) is 5. The Labute approximate surface area is 139 Å². The first-order chi connectivity index (χ1) is 11.0. The van der Waals surface area contributed by atoms with Crippen molar-refractivity contribution in [3.63, 3.8) is 0 Å². The molecule has 1 heterocycles. The average Bonchev–Trinajstić information content (AvgIpc) is 3.31. The molecule has 1 fully saturated rings. The number of hydrogen-bond donors (Lipinski definition) is 3. The van der Waals surface area contributed by atoms with Gasteiger partial charge in [0.05, 0.1) is 6.21 Å². The zero-order chi connectivity index (χ0) is 16.8. The Balaban J connectivity index is 2.00. The zero-order valence-corrected chi connectivity index (χ0v) is 14.0. The Morgan fingerprint density at radius 3 is 2.87 bits per heavy atom. The molecule has 8 heteroatoms. The number of aromatic hydroxyl groups is 1. The molecule has 0 radical (unpaired) electrons. The molecule has 1 amide bonds. The third-order valence-corrected chi connectivity index (χ3v) is 4.00. The molecule has 1 aliphatic carbocycles. The Kier molecular flexibility index (Phi) is 6.09. The fourth-order valence-electron chi connectivity index (χ4n) is 2.28. The largest absolute Gasteiger partial charge is 0.494 e. The van der Waals surface area contributed by atoms with Crippen LogP contribution in [0.2, 0.25) is 0 Å². The summed E-state index contributed by atoms with van der Waals surface area (Å²) in [5.74, 6) is -0.412. The summed E-state index contributed by atoms with van der Waals surface area (Å²) < 4.78 is 1.72. The lowest BCUT2D eigenvalue weighted by Crippen LogP contribution is -2.21. The molecule has 0 unspecified atom stereocenters. The van der Waals surface area contributed by atoms with E-state index in [0.29, 0.717) is 6.42 Å². The van der Waals surface area contributed by atoms with E-state index in [9.17, 15) is 14.7 Å². The number of nitrogens with one attached hydrogen (secondary N) is 2. The number of H-pyrrole nitrogens is 1. The van der Waals surface area contributed by atoms with Gasteiger partial charge in [0.1, 0.15) is 5.56 Å². The SMILES string of the molecule is CCCCCCC(=O)N/N=C/c1c(O)n(C2CC2)c(=S)[nH]c1=O. The van der Waals surface area contributed by atoms with Crippen molar-refractivity contribution in [2.75, 3.05) is 0 Å². The molecule has 23 heavy (non-hydrogen) atoms. The lowest BCUT2D eigenvalue weighted by atomic mass is 10.1. The van der Waals surface area contributed by atoms with Crippen molar-refractivity contribution in [2.45, 2.75) is 57.9 Å². The molecule has 1 aromatic rings. The van der Waals surface area contributed by atoms with Crippen molar-refractivity contribution in [3.05, 3.63) is 20.7 Å². The van der Waals surface area contributed by atoms with Gasteiger partial charge in [0.2, 0.25) is 11.8 Å². The van der Waals surface area contributed by atoms with Crippen LogP contribution in [-0.2, 0) is 4.79 Å². The van der Waals surface area contributed by atoms with E-state index in [4.69, 9.17) is 12.2 Å². The lowest BCUT2D eigenvalue weighted by molar-refractivity contribution is -0.121. The standard InChI is InChI=1S/C15H22N4O3S/c1-2-3-4-5-6-12(20)18-16-9-11-13(21)17-15(23)19(14(11)22)10-7-8-10/h9-10,22H,2-8H2,1H3,(H,18,20)(H,17,21,23)/b16-9+. The van der Waals surface area contributed by atoms with Gasteiger partial charge in [0.15, 0.2) is 4.77 Å². The molecular weight excluding hydrogens is 316 g/mol. The van der Waals surface area contributed by atoms with Crippen molar-refractivity contribution in [2.24, 2.45) is 5.10 Å². The van der Waals surface area contributed by atoms with Crippen LogP contribution < -0.4 is 11.0 Å². The maximum Gasteiger partial charge on any atom is 0.264 e. The van der Waals surface area contributed by atoms with E-state index in [1.54, 1.807) is 0 Å². The fourth-order valence-corrected chi connectivity index (χ4v) is 2.61. The highest BCUT2D eigenvalue weighted by Crippen LogP contribution is 2.37. The number of amides is 1. The van der Waals surface area contributed by atoms with Crippen LogP contribution in [0.3, 0.4) is 0 Å². The number of hydrazone groups is 1. The second kappa shape index (κ2) is 8.05. The molecule has 2 rings (SSSR count). The van der Waals surface area contributed by atoms with Crippen molar-refractivity contribution < 1.29 is 9.90 Å². The van der Waals surface area contributed by atoms with E-state index in [1.807, 2.05) is 0 Å². The van der Waals surface area contributed by atoms with Crippen LogP contribution in [0.15, 0.2) is 9.90 Å². The van der Waals surface area contributed by atoms with Crippen LogP contribution in [0.1, 0.15) is 63.5 Å². The summed E-state index contributed by atoms with van der Waals surface area (Å²) in [5, 5.41) is 14.0. The number of carbonyl (C=O) groups excluding carboxylic acids is 1. The number of unbranched alkanes of at least 4 members (excludes halogenated alkanes) is 3. The Morgan fingerprint density at radius 2 is 2.22 bits per heavy atom. The second-order valence-electron chi connectivity index (χ2n) is 5.70. The Bertz CT molecular complexity index is 704. The minimum Gasteiger partial charge on any atom is -0.494 e. The molecule has 1 saturated carbocycles. The van der Waals surface area contributed by atoms with E-state index in [0.717, 1.165) is 44.7 Å². The van der Waals surface area contributed by atoms with Gasteiger partial charge < -0.3 is 5.11 Å². The highest BCUT2D eigenvalue weighted by molar-refractivity contribution is 7.71. The molecule has 0 bridgehead atoms. The maximum absolute atomic E-state index is 11.9. The number of aromatic amines is 1. The van der Waals surface area contributed by atoms with E-state index in [1.165, 1.54) is 4.57 Å². The molecule has 0 aliphatic heterocycles. The molecule has 0 atom stereocenters. The van der Waals surface area contributed by atoms with Gasteiger partial charge >= 0.3 is 0 Å². The first-order valence-corrected chi connectivity index (χ1v) is 8.35. The average molecular weight is 338 g/mol. The zero-order valence-electron chi connectivity index (χ0n) is 13.2. The van der Waals surface area contributed by atoms with Crippen molar-refractivity contribution in [1.82, 2.24) is 15.0 Å². The molecule has 0 spiro atoms.